The smallest absolute Gasteiger partial charge is 0.375 e. The predicted molar refractivity (Wildman–Crippen MR) is 62.6 cm³/mol. The van der Waals surface area contributed by atoms with Gasteiger partial charge in [0.25, 0.3) is 0 Å². The molecule has 94 valence electrons. The summed E-state index contributed by atoms with van der Waals surface area (Å²) in [6.45, 7) is 1.24. The summed E-state index contributed by atoms with van der Waals surface area (Å²) in [6, 6.07) is 8.69. The minimum atomic E-state index is -3.51. The van der Waals surface area contributed by atoms with Crippen molar-refractivity contribution >= 4 is 13.6 Å². The lowest BCUT2D eigenvalue weighted by Crippen LogP contribution is -2.11. The van der Waals surface area contributed by atoms with Crippen molar-refractivity contribution in [2.24, 2.45) is 0 Å². The van der Waals surface area contributed by atoms with Crippen molar-refractivity contribution in [1.29, 1.82) is 0 Å². The number of carbonyl (C=O) groups is 1. The molecule has 1 aromatic carbocycles. The Morgan fingerprint density at radius 1 is 1.18 bits per heavy atom. The van der Waals surface area contributed by atoms with Gasteiger partial charge in [-0.1, -0.05) is 30.3 Å². The maximum Gasteiger partial charge on any atom is 0.375 e. The molecule has 0 bridgehead atoms. The Morgan fingerprint density at radius 2 is 1.71 bits per heavy atom. The summed E-state index contributed by atoms with van der Waals surface area (Å²) in [5, 5.41) is 0. The van der Waals surface area contributed by atoms with Gasteiger partial charge >= 0.3 is 13.6 Å². The highest BCUT2D eigenvalue weighted by Gasteiger charge is 2.38. The molecule has 0 N–H and O–H groups in total. The third-order valence-electron chi connectivity index (χ3n) is 2.16. The minimum Gasteiger partial charge on any atom is -0.445 e. The Bertz CT molecular complexity index is 409. The molecule has 6 heteroatoms. The highest BCUT2D eigenvalue weighted by molar-refractivity contribution is 7.54. The van der Waals surface area contributed by atoms with E-state index in [2.05, 4.69) is 0 Å². The van der Waals surface area contributed by atoms with Gasteiger partial charge in [-0.15, -0.1) is 0 Å². The van der Waals surface area contributed by atoms with Crippen molar-refractivity contribution in [3.05, 3.63) is 35.9 Å². The van der Waals surface area contributed by atoms with Crippen LogP contribution in [0.2, 0.25) is 0 Å². The molecule has 0 heterocycles. The highest BCUT2D eigenvalue weighted by atomic mass is 31.2. The average molecular weight is 258 g/mol. The van der Waals surface area contributed by atoms with Crippen molar-refractivity contribution in [3.8, 4) is 0 Å². The van der Waals surface area contributed by atoms with Gasteiger partial charge in [0.15, 0.2) is 0 Å². The summed E-state index contributed by atoms with van der Waals surface area (Å²) in [4.78, 5) is 11.1. The largest absolute Gasteiger partial charge is 0.445 e. The van der Waals surface area contributed by atoms with E-state index in [0.29, 0.717) is 5.56 Å². The first-order valence-corrected chi connectivity index (χ1v) is 6.58. The molecule has 0 saturated heterocycles. The van der Waals surface area contributed by atoms with Crippen LogP contribution in [0.25, 0.3) is 0 Å². The number of ether oxygens (including phenoxy) is 1. The Hall–Kier alpha value is -1.16. The summed E-state index contributed by atoms with van der Waals surface area (Å²) in [5.41, 5.74) is 0.565. The fourth-order valence-corrected chi connectivity index (χ4v) is 2.70. The number of hydrogen-bond acceptors (Lipinski definition) is 5. The molecule has 5 nitrogen and oxygen atoms in total. The van der Waals surface area contributed by atoms with E-state index in [1.54, 1.807) is 30.3 Å². The summed E-state index contributed by atoms with van der Waals surface area (Å²) in [5.74, 6) is -1.59. The van der Waals surface area contributed by atoms with Crippen molar-refractivity contribution in [3.63, 3.8) is 0 Å². The number of benzene rings is 1. The molecular weight excluding hydrogens is 243 g/mol. The van der Waals surface area contributed by atoms with Crippen LogP contribution < -0.4 is 0 Å². The fourth-order valence-electron chi connectivity index (χ4n) is 1.36. The van der Waals surface area contributed by atoms with Gasteiger partial charge in [-0.05, 0) is 0 Å². The van der Waals surface area contributed by atoms with Crippen LogP contribution >= 0.6 is 7.60 Å². The van der Waals surface area contributed by atoms with Crippen molar-refractivity contribution in [1.82, 2.24) is 0 Å². The maximum absolute atomic E-state index is 12.3. The SMILES string of the molecule is COP(=O)(OC)[C@H](OC(C)=O)c1ccccc1. The Kier molecular flexibility index (Phi) is 4.87. The lowest BCUT2D eigenvalue weighted by atomic mass is 10.2. The van der Waals surface area contributed by atoms with Crippen LogP contribution in [0.15, 0.2) is 30.3 Å². The van der Waals surface area contributed by atoms with Gasteiger partial charge in [0.05, 0.1) is 0 Å². The first kappa shape index (κ1) is 13.9. The van der Waals surface area contributed by atoms with E-state index in [9.17, 15) is 9.36 Å². The summed E-state index contributed by atoms with van der Waals surface area (Å²) in [6.07, 6.45) is 0. The third-order valence-corrected chi connectivity index (χ3v) is 4.15. The molecular formula is C11H15O5P. The van der Waals surface area contributed by atoms with Crippen LogP contribution in [0.3, 0.4) is 0 Å². The van der Waals surface area contributed by atoms with Crippen LogP contribution in [0.1, 0.15) is 18.3 Å². The molecule has 0 aliphatic heterocycles. The van der Waals surface area contributed by atoms with E-state index in [1.165, 1.54) is 21.1 Å². The molecule has 0 aliphatic rings. The van der Waals surface area contributed by atoms with E-state index in [4.69, 9.17) is 13.8 Å². The number of hydrogen-bond donors (Lipinski definition) is 0. The maximum atomic E-state index is 12.3. The average Bonchev–Trinajstić information content (AvgIpc) is 2.36. The molecule has 0 aromatic heterocycles. The second-order valence-electron chi connectivity index (χ2n) is 3.28. The zero-order valence-corrected chi connectivity index (χ0v) is 10.8. The van der Waals surface area contributed by atoms with Crippen molar-refractivity contribution in [2.45, 2.75) is 12.8 Å². The number of carbonyl (C=O) groups excluding carboxylic acids is 1. The molecule has 17 heavy (non-hydrogen) atoms. The number of esters is 1. The number of rotatable bonds is 5. The Morgan fingerprint density at radius 3 is 2.12 bits per heavy atom. The Balaban J connectivity index is 3.12. The fraction of sp³-hybridized carbons (Fsp3) is 0.364. The third kappa shape index (κ3) is 3.40. The Labute approximate surface area is 100 Å². The second-order valence-corrected chi connectivity index (χ2v) is 5.56. The molecule has 0 amide bonds. The highest BCUT2D eigenvalue weighted by Crippen LogP contribution is 2.60. The van der Waals surface area contributed by atoms with Crippen LogP contribution in [-0.2, 0) is 23.1 Å². The minimum absolute atomic E-state index is 0.548. The van der Waals surface area contributed by atoms with Gasteiger partial charge in [-0.2, -0.15) is 0 Å². The molecule has 0 radical (unpaired) electrons. The van der Waals surface area contributed by atoms with E-state index < -0.39 is 19.4 Å². The van der Waals surface area contributed by atoms with Gasteiger partial charge < -0.3 is 13.8 Å². The van der Waals surface area contributed by atoms with Crippen LogP contribution in [0, 0.1) is 0 Å². The van der Waals surface area contributed by atoms with E-state index in [1.807, 2.05) is 0 Å². The quantitative estimate of drug-likeness (QED) is 0.600. The molecule has 1 atom stereocenters. The van der Waals surface area contributed by atoms with Gasteiger partial charge in [0.2, 0.25) is 5.85 Å². The van der Waals surface area contributed by atoms with E-state index >= 15 is 0 Å². The second kappa shape index (κ2) is 5.96. The summed E-state index contributed by atoms with van der Waals surface area (Å²) < 4.78 is 27.0. The summed E-state index contributed by atoms with van der Waals surface area (Å²) >= 11 is 0. The standard InChI is InChI=1S/C11H15O5P/c1-9(12)16-11(17(13,14-2)15-3)10-7-5-4-6-8-10/h4-8,11H,1-3H3/t11-/m0/s1. The molecule has 0 aliphatic carbocycles. The van der Waals surface area contributed by atoms with Gasteiger partial charge in [0.1, 0.15) is 0 Å². The monoisotopic (exact) mass is 258 g/mol. The van der Waals surface area contributed by atoms with Crippen LogP contribution in [0.4, 0.5) is 0 Å². The van der Waals surface area contributed by atoms with E-state index in [0.717, 1.165) is 0 Å². The zero-order chi connectivity index (χ0) is 12.9. The molecule has 1 rings (SSSR count). The lowest BCUT2D eigenvalue weighted by molar-refractivity contribution is -0.143. The lowest BCUT2D eigenvalue weighted by Gasteiger charge is -2.23. The normalized spacial score (nSPS) is 13.1. The van der Waals surface area contributed by atoms with Crippen molar-refractivity contribution < 1.29 is 23.1 Å². The molecule has 1 aromatic rings. The molecule has 0 fully saturated rings. The van der Waals surface area contributed by atoms with Crippen LogP contribution in [0.5, 0.6) is 0 Å². The first-order valence-electron chi connectivity index (χ1n) is 4.97. The van der Waals surface area contributed by atoms with Gasteiger partial charge in [-0.3, -0.25) is 9.36 Å². The first-order chi connectivity index (χ1) is 8.03. The topological polar surface area (TPSA) is 61.8 Å². The van der Waals surface area contributed by atoms with Crippen molar-refractivity contribution in [2.75, 3.05) is 14.2 Å². The van der Waals surface area contributed by atoms with Gasteiger partial charge in [-0.25, -0.2) is 0 Å². The van der Waals surface area contributed by atoms with E-state index in [-0.39, 0.29) is 0 Å². The predicted octanol–water partition coefficient (Wildman–Crippen LogP) is 2.73. The molecule has 0 spiro atoms. The zero-order valence-electron chi connectivity index (χ0n) is 9.95. The molecule has 0 saturated carbocycles. The summed E-state index contributed by atoms with van der Waals surface area (Å²) in [7, 11) is -1.00. The van der Waals surface area contributed by atoms with Gasteiger partial charge in [0, 0.05) is 26.7 Å². The van der Waals surface area contributed by atoms with Crippen LogP contribution in [-0.4, -0.2) is 20.2 Å². The molecule has 0 unspecified atom stereocenters.